The lowest BCUT2D eigenvalue weighted by atomic mass is 10.2. The Morgan fingerprint density at radius 1 is 0.900 bits per heavy atom. The van der Waals surface area contributed by atoms with Crippen LogP contribution in [0.25, 0.3) is 11.0 Å². The van der Waals surface area contributed by atoms with Gasteiger partial charge in [0.1, 0.15) is 22.8 Å². The summed E-state index contributed by atoms with van der Waals surface area (Å²) < 4.78 is 10.5. The molecule has 5 heteroatoms. The van der Waals surface area contributed by atoms with E-state index in [4.69, 9.17) is 9.15 Å². The molecule has 0 fully saturated rings. The minimum atomic E-state index is -0.642. The van der Waals surface area contributed by atoms with Crippen molar-refractivity contribution in [3.05, 3.63) is 59.0 Å². The lowest BCUT2D eigenvalue weighted by Crippen LogP contribution is -2.02. The predicted octanol–water partition coefficient (Wildman–Crippen LogP) is 3.00. The van der Waals surface area contributed by atoms with Crippen molar-refractivity contribution in [3.63, 3.8) is 0 Å². The molecule has 1 aromatic heterocycles. The van der Waals surface area contributed by atoms with Crippen molar-refractivity contribution in [2.45, 2.75) is 0 Å². The van der Waals surface area contributed by atoms with E-state index in [-0.39, 0.29) is 22.8 Å². The highest BCUT2D eigenvalue weighted by atomic mass is 16.5. The minimum absolute atomic E-state index is 0.0212. The number of hydrogen-bond donors (Lipinski definition) is 2. The van der Waals surface area contributed by atoms with Gasteiger partial charge in [0.05, 0.1) is 0 Å². The Kier molecular flexibility index (Phi) is 2.80. The van der Waals surface area contributed by atoms with Crippen molar-refractivity contribution in [2.24, 2.45) is 0 Å². The molecule has 3 aromatic rings. The van der Waals surface area contributed by atoms with Crippen molar-refractivity contribution in [1.29, 1.82) is 0 Å². The number of phenols is 2. The summed E-state index contributed by atoms with van der Waals surface area (Å²) in [5, 5.41) is 19.2. The van der Waals surface area contributed by atoms with Gasteiger partial charge in [0.25, 0.3) is 0 Å². The van der Waals surface area contributed by atoms with Crippen LogP contribution in [-0.2, 0) is 0 Å². The first-order chi connectivity index (χ1) is 9.61. The number of phenolic OH excluding ortho intramolecular Hbond substituents is 2. The molecule has 5 nitrogen and oxygen atoms in total. The summed E-state index contributed by atoms with van der Waals surface area (Å²) in [4.78, 5) is 11.8. The van der Waals surface area contributed by atoms with Gasteiger partial charge in [-0.2, -0.15) is 0 Å². The molecular weight excluding hydrogens is 260 g/mol. The van der Waals surface area contributed by atoms with Gasteiger partial charge in [-0.3, -0.25) is 0 Å². The van der Waals surface area contributed by atoms with E-state index in [1.165, 1.54) is 42.5 Å². The predicted molar refractivity (Wildman–Crippen MR) is 72.3 cm³/mol. The molecule has 0 atom stereocenters. The van der Waals surface area contributed by atoms with Crippen LogP contribution in [0.3, 0.4) is 0 Å². The Bertz CT molecular complexity index is 818. The molecule has 0 aliphatic heterocycles. The number of hydrogen-bond acceptors (Lipinski definition) is 5. The van der Waals surface area contributed by atoms with Crippen LogP contribution in [0.2, 0.25) is 0 Å². The summed E-state index contributed by atoms with van der Waals surface area (Å²) in [6, 6.07) is 12.0. The van der Waals surface area contributed by atoms with E-state index in [0.717, 1.165) is 0 Å². The van der Waals surface area contributed by atoms with Gasteiger partial charge in [0.2, 0.25) is 5.75 Å². The molecule has 2 N–H and O–H groups in total. The zero-order valence-electron chi connectivity index (χ0n) is 10.2. The zero-order chi connectivity index (χ0) is 14.1. The van der Waals surface area contributed by atoms with Crippen LogP contribution < -0.4 is 10.4 Å². The van der Waals surface area contributed by atoms with Crippen LogP contribution in [0.15, 0.2) is 57.7 Å². The van der Waals surface area contributed by atoms with Crippen LogP contribution >= 0.6 is 0 Å². The van der Waals surface area contributed by atoms with E-state index < -0.39 is 5.63 Å². The van der Waals surface area contributed by atoms with Crippen molar-refractivity contribution < 1.29 is 19.4 Å². The summed E-state index contributed by atoms with van der Waals surface area (Å²) in [7, 11) is 0. The van der Waals surface area contributed by atoms with Crippen molar-refractivity contribution in [1.82, 2.24) is 0 Å². The molecule has 100 valence electrons. The topological polar surface area (TPSA) is 79.9 Å². The quantitative estimate of drug-likeness (QED) is 0.700. The lowest BCUT2D eigenvalue weighted by Gasteiger charge is -2.05. The molecule has 0 unspecified atom stereocenters. The lowest BCUT2D eigenvalue weighted by molar-refractivity contribution is 0.433. The fraction of sp³-hybridized carbons (Fsp3) is 0. The van der Waals surface area contributed by atoms with E-state index in [2.05, 4.69) is 0 Å². The van der Waals surface area contributed by atoms with E-state index in [1.807, 2.05) is 0 Å². The molecule has 0 radical (unpaired) electrons. The maximum absolute atomic E-state index is 11.8. The third kappa shape index (κ3) is 2.29. The van der Waals surface area contributed by atoms with Gasteiger partial charge < -0.3 is 19.4 Å². The van der Waals surface area contributed by atoms with Crippen molar-refractivity contribution >= 4 is 11.0 Å². The average Bonchev–Trinajstić information content (AvgIpc) is 2.42. The first kappa shape index (κ1) is 12.1. The Hall–Kier alpha value is -2.95. The molecule has 0 bridgehead atoms. The number of rotatable bonds is 2. The van der Waals surface area contributed by atoms with E-state index in [1.54, 1.807) is 6.07 Å². The summed E-state index contributed by atoms with van der Waals surface area (Å²) in [5.74, 6) is 0.577. The zero-order valence-corrected chi connectivity index (χ0v) is 10.2. The highest BCUT2D eigenvalue weighted by Gasteiger charge is 2.08. The van der Waals surface area contributed by atoms with E-state index >= 15 is 0 Å². The average molecular weight is 270 g/mol. The highest BCUT2D eigenvalue weighted by Crippen LogP contribution is 2.25. The number of fused-ring (bicyclic) bond motifs is 1. The molecule has 2 aromatic carbocycles. The van der Waals surface area contributed by atoms with Gasteiger partial charge in [-0.05, 0) is 42.5 Å². The second-order valence-electron chi connectivity index (χ2n) is 4.22. The number of ether oxygens (including phenoxy) is 1. The van der Waals surface area contributed by atoms with Crippen molar-refractivity contribution in [3.8, 4) is 23.0 Å². The summed E-state index contributed by atoms with van der Waals surface area (Å²) in [6.45, 7) is 0. The smallest absolute Gasteiger partial charge is 0.379 e. The van der Waals surface area contributed by atoms with Gasteiger partial charge in [0.15, 0.2) is 0 Å². The largest absolute Gasteiger partial charge is 0.508 e. The Morgan fingerprint density at radius 2 is 1.60 bits per heavy atom. The molecule has 3 rings (SSSR count). The fourth-order valence-electron chi connectivity index (χ4n) is 1.79. The third-order valence-electron chi connectivity index (χ3n) is 2.75. The van der Waals surface area contributed by atoms with Crippen molar-refractivity contribution in [2.75, 3.05) is 0 Å². The Labute approximate surface area is 113 Å². The summed E-state index contributed by atoms with van der Waals surface area (Å²) >= 11 is 0. The minimum Gasteiger partial charge on any atom is -0.508 e. The molecule has 0 saturated carbocycles. The van der Waals surface area contributed by atoms with E-state index in [9.17, 15) is 15.0 Å². The monoisotopic (exact) mass is 270 g/mol. The first-order valence-electron chi connectivity index (χ1n) is 5.85. The molecule has 1 heterocycles. The maximum atomic E-state index is 11.8. The molecule has 0 aliphatic carbocycles. The standard InChI is InChI=1S/C15H10O5/c16-10-3-5-12(6-4-10)19-14-7-9-1-2-11(17)8-13(9)20-15(14)18/h1-8,16-17H. The van der Waals surface area contributed by atoms with Crippen LogP contribution in [-0.4, -0.2) is 10.2 Å². The third-order valence-corrected chi connectivity index (χ3v) is 2.75. The van der Waals surface area contributed by atoms with Gasteiger partial charge in [-0.1, -0.05) is 0 Å². The van der Waals surface area contributed by atoms with Gasteiger partial charge in [-0.15, -0.1) is 0 Å². The van der Waals surface area contributed by atoms with Crippen LogP contribution in [0.1, 0.15) is 0 Å². The first-order valence-corrected chi connectivity index (χ1v) is 5.85. The van der Waals surface area contributed by atoms with Crippen LogP contribution in [0.5, 0.6) is 23.0 Å². The summed E-state index contributed by atoms with van der Waals surface area (Å²) in [6.07, 6.45) is 0. The highest BCUT2D eigenvalue weighted by molar-refractivity contribution is 5.79. The van der Waals surface area contributed by atoms with Gasteiger partial charge >= 0.3 is 5.63 Å². The molecule has 0 saturated heterocycles. The number of benzene rings is 2. The Morgan fingerprint density at radius 3 is 2.35 bits per heavy atom. The van der Waals surface area contributed by atoms with Crippen LogP contribution in [0.4, 0.5) is 0 Å². The maximum Gasteiger partial charge on any atom is 0.379 e. The number of aromatic hydroxyl groups is 2. The second-order valence-corrected chi connectivity index (χ2v) is 4.22. The normalized spacial score (nSPS) is 10.6. The van der Waals surface area contributed by atoms with Gasteiger partial charge in [-0.25, -0.2) is 4.79 Å². The van der Waals surface area contributed by atoms with E-state index in [0.29, 0.717) is 11.1 Å². The molecule has 0 amide bonds. The molecule has 0 aliphatic rings. The van der Waals surface area contributed by atoms with Crippen LogP contribution in [0, 0.1) is 0 Å². The summed E-state index contributed by atoms with van der Waals surface area (Å²) in [5.41, 5.74) is -0.357. The second kappa shape index (κ2) is 4.62. The Balaban J connectivity index is 2.03. The molecule has 0 spiro atoms. The molecular formula is C15H10O5. The van der Waals surface area contributed by atoms with Gasteiger partial charge in [0, 0.05) is 11.5 Å². The SMILES string of the molecule is O=c1oc2cc(O)ccc2cc1Oc1ccc(O)cc1. The molecule has 20 heavy (non-hydrogen) atoms. The fourth-order valence-corrected chi connectivity index (χ4v) is 1.79.